The number of hydrogen-bond acceptors (Lipinski definition) is 3. The van der Waals surface area contributed by atoms with E-state index in [0.29, 0.717) is 18.4 Å². The normalized spacial score (nSPS) is 18.7. The molecule has 1 aromatic heterocycles. The number of nitrogens with zero attached hydrogens (tertiary/aromatic N) is 2. The Balaban J connectivity index is 1.50. The van der Waals surface area contributed by atoms with Crippen LogP contribution in [0.25, 0.3) is 22.4 Å². The molecule has 0 unspecified atom stereocenters. The van der Waals surface area contributed by atoms with Crippen molar-refractivity contribution in [1.82, 2.24) is 9.78 Å². The third kappa shape index (κ3) is 5.23. The number of aliphatic carboxylic acids is 1. The van der Waals surface area contributed by atoms with Gasteiger partial charge in [0.2, 0.25) is 0 Å². The lowest BCUT2D eigenvalue weighted by atomic mass is 9.82. The van der Waals surface area contributed by atoms with Crippen molar-refractivity contribution in [3.05, 3.63) is 66.4 Å². The lowest BCUT2D eigenvalue weighted by molar-refractivity contribution is -0.142. The first-order chi connectivity index (χ1) is 15.1. The lowest BCUT2D eigenvalue weighted by Gasteiger charge is -2.28. The minimum absolute atomic E-state index is 0.197. The molecule has 0 spiro atoms. The molecule has 4 rings (SSSR count). The molecule has 0 amide bonds. The molecule has 1 aliphatic rings. The monoisotopic (exact) mass is 418 g/mol. The summed E-state index contributed by atoms with van der Waals surface area (Å²) < 4.78 is 7.50. The van der Waals surface area contributed by atoms with Gasteiger partial charge in [-0.25, -0.2) is 4.79 Å². The molecule has 1 saturated carbocycles. The summed E-state index contributed by atoms with van der Waals surface area (Å²) in [5.41, 5.74) is 5.80. The van der Waals surface area contributed by atoms with E-state index in [1.165, 1.54) is 16.8 Å². The van der Waals surface area contributed by atoms with Crippen LogP contribution in [0.2, 0.25) is 0 Å². The van der Waals surface area contributed by atoms with Crippen LogP contribution in [0.5, 0.6) is 0 Å². The topological polar surface area (TPSA) is 64.4 Å². The van der Waals surface area contributed by atoms with Gasteiger partial charge in [-0.1, -0.05) is 60.7 Å². The van der Waals surface area contributed by atoms with E-state index in [1.54, 1.807) is 0 Å². The highest BCUT2D eigenvalue weighted by Gasteiger charge is 2.24. The fourth-order valence-corrected chi connectivity index (χ4v) is 4.61. The summed E-state index contributed by atoms with van der Waals surface area (Å²) in [6.07, 6.45) is 4.42. The minimum atomic E-state index is -0.897. The van der Waals surface area contributed by atoms with Gasteiger partial charge in [-0.2, -0.15) is 5.10 Å². The van der Waals surface area contributed by atoms with Crippen molar-refractivity contribution in [2.75, 3.05) is 13.2 Å². The zero-order chi connectivity index (χ0) is 21.6. The van der Waals surface area contributed by atoms with Crippen molar-refractivity contribution in [3.8, 4) is 22.4 Å². The first kappa shape index (κ1) is 21.3. The summed E-state index contributed by atoms with van der Waals surface area (Å²) in [7, 11) is 0. The summed E-state index contributed by atoms with van der Waals surface area (Å²) in [5.74, 6) is 0.155. The maximum atomic E-state index is 10.6. The second-order valence-electron chi connectivity index (χ2n) is 8.52. The second kappa shape index (κ2) is 9.92. The average molecular weight is 419 g/mol. The van der Waals surface area contributed by atoms with Gasteiger partial charge < -0.3 is 9.84 Å². The molecule has 5 nitrogen and oxygen atoms in total. The average Bonchev–Trinajstić information content (AvgIpc) is 3.12. The van der Waals surface area contributed by atoms with Crippen LogP contribution in [-0.2, 0) is 16.1 Å². The summed E-state index contributed by atoms with van der Waals surface area (Å²) in [6.45, 7) is 3.45. The Morgan fingerprint density at radius 2 is 1.55 bits per heavy atom. The SMILES string of the molecule is Cc1c(-c2ccccc2)c(-c2ccccc2)nn1C[C@H]1CC[C@H](COCC(=O)O)CC1. The van der Waals surface area contributed by atoms with Crippen LogP contribution in [-0.4, -0.2) is 34.1 Å². The molecule has 31 heavy (non-hydrogen) atoms. The molecule has 2 aromatic carbocycles. The van der Waals surface area contributed by atoms with Gasteiger partial charge >= 0.3 is 5.97 Å². The second-order valence-corrected chi connectivity index (χ2v) is 8.52. The van der Waals surface area contributed by atoms with Crippen LogP contribution in [0.3, 0.4) is 0 Å². The van der Waals surface area contributed by atoms with Crippen molar-refractivity contribution >= 4 is 5.97 Å². The van der Waals surface area contributed by atoms with Crippen molar-refractivity contribution < 1.29 is 14.6 Å². The number of rotatable bonds is 8. The molecule has 162 valence electrons. The van der Waals surface area contributed by atoms with E-state index >= 15 is 0 Å². The molecular formula is C26H30N2O3. The number of benzene rings is 2. The molecule has 1 N–H and O–H groups in total. The Labute approximate surface area is 183 Å². The molecule has 0 aliphatic heterocycles. The molecule has 0 radical (unpaired) electrons. The van der Waals surface area contributed by atoms with Crippen molar-refractivity contribution in [3.63, 3.8) is 0 Å². The summed E-state index contributed by atoms with van der Waals surface area (Å²) >= 11 is 0. The van der Waals surface area contributed by atoms with E-state index in [0.717, 1.165) is 43.5 Å². The Bertz CT molecular complexity index is 990. The third-order valence-electron chi connectivity index (χ3n) is 6.29. The van der Waals surface area contributed by atoms with Crippen LogP contribution in [0, 0.1) is 18.8 Å². The van der Waals surface area contributed by atoms with Gasteiger partial charge in [0.1, 0.15) is 12.3 Å². The van der Waals surface area contributed by atoms with E-state index < -0.39 is 5.97 Å². The van der Waals surface area contributed by atoms with Gasteiger partial charge in [-0.15, -0.1) is 0 Å². The molecule has 5 heteroatoms. The standard InChI is InChI=1S/C26H30N2O3/c1-19-25(22-8-4-2-5-9-22)26(23-10-6-3-7-11-23)27-28(19)16-20-12-14-21(15-13-20)17-31-18-24(29)30/h2-11,20-21H,12-18H2,1H3,(H,29,30)/t20-,21-. The largest absolute Gasteiger partial charge is 0.480 e. The van der Waals surface area contributed by atoms with E-state index in [1.807, 2.05) is 12.1 Å². The van der Waals surface area contributed by atoms with Crippen LogP contribution in [0.4, 0.5) is 0 Å². The number of aromatic nitrogens is 2. The molecule has 0 bridgehead atoms. The molecule has 1 aliphatic carbocycles. The van der Waals surface area contributed by atoms with Crippen LogP contribution < -0.4 is 0 Å². The Morgan fingerprint density at radius 3 is 2.16 bits per heavy atom. The third-order valence-corrected chi connectivity index (χ3v) is 6.29. The lowest BCUT2D eigenvalue weighted by Crippen LogP contribution is -2.23. The van der Waals surface area contributed by atoms with E-state index in [4.69, 9.17) is 14.9 Å². The van der Waals surface area contributed by atoms with Gasteiger partial charge in [0.25, 0.3) is 0 Å². The van der Waals surface area contributed by atoms with Crippen molar-refractivity contribution in [2.24, 2.45) is 11.8 Å². The predicted octanol–water partition coefficient (Wildman–Crippen LogP) is 5.43. The van der Waals surface area contributed by atoms with Gasteiger partial charge in [0.05, 0.1) is 6.61 Å². The fourth-order valence-electron chi connectivity index (χ4n) is 4.61. The zero-order valence-electron chi connectivity index (χ0n) is 18.0. The highest BCUT2D eigenvalue weighted by atomic mass is 16.5. The fraction of sp³-hybridized carbons (Fsp3) is 0.385. The summed E-state index contributed by atoms with van der Waals surface area (Å²) in [5, 5.41) is 13.8. The predicted molar refractivity (Wildman–Crippen MR) is 122 cm³/mol. The highest BCUT2D eigenvalue weighted by molar-refractivity contribution is 5.82. The van der Waals surface area contributed by atoms with Crippen molar-refractivity contribution in [2.45, 2.75) is 39.2 Å². The molecular weight excluding hydrogens is 388 g/mol. The Hall–Kier alpha value is -2.92. The summed E-state index contributed by atoms with van der Waals surface area (Å²) in [6, 6.07) is 20.9. The molecule has 1 fully saturated rings. The Kier molecular flexibility index (Phi) is 6.82. The minimum Gasteiger partial charge on any atom is -0.480 e. The van der Waals surface area contributed by atoms with E-state index in [2.05, 4.69) is 60.1 Å². The van der Waals surface area contributed by atoms with Crippen LogP contribution >= 0.6 is 0 Å². The van der Waals surface area contributed by atoms with Gasteiger partial charge in [0.15, 0.2) is 0 Å². The molecule has 1 heterocycles. The highest BCUT2D eigenvalue weighted by Crippen LogP contribution is 2.36. The first-order valence-corrected chi connectivity index (χ1v) is 11.1. The van der Waals surface area contributed by atoms with E-state index in [-0.39, 0.29) is 6.61 Å². The number of carboxylic acid groups (broad SMARTS) is 1. The van der Waals surface area contributed by atoms with Crippen molar-refractivity contribution in [1.29, 1.82) is 0 Å². The molecule has 3 aromatic rings. The Morgan fingerprint density at radius 1 is 0.968 bits per heavy atom. The van der Waals surface area contributed by atoms with Gasteiger partial charge in [0, 0.05) is 23.4 Å². The van der Waals surface area contributed by atoms with Gasteiger partial charge in [-0.05, 0) is 50.0 Å². The number of carbonyl (C=O) groups is 1. The zero-order valence-corrected chi connectivity index (χ0v) is 18.0. The molecule has 0 atom stereocenters. The number of carboxylic acids is 1. The molecule has 0 saturated heterocycles. The van der Waals surface area contributed by atoms with Crippen LogP contribution in [0.15, 0.2) is 60.7 Å². The summed E-state index contributed by atoms with van der Waals surface area (Å²) in [4.78, 5) is 10.6. The first-order valence-electron chi connectivity index (χ1n) is 11.1. The van der Waals surface area contributed by atoms with Gasteiger partial charge in [-0.3, -0.25) is 4.68 Å². The number of hydrogen-bond donors (Lipinski definition) is 1. The van der Waals surface area contributed by atoms with Crippen LogP contribution in [0.1, 0.15) is 31.4 Å². The quantitative estimate of drug-likeness (QED) is 0.529. The van der Waals surface area contributed by atoms with E-state index in [9.17, 15) is 4.79 Å². The smallest absolute Gasteiger partial charge is 0.329 e. The maximum absolute atomic E-state index is 10.6. The number of ether oxygens (including phenoxy) is 1. The maximum Gasteiger partial charge on any atom is 0.329 e.